The molecule has 7 heteroatoms. The number of hydrogen-bond donors (Lipinski definition) is 0. The van der Waals surface area contributed by atoms with Crippen molar-refractivity contribution in [3.05, 3.63) is 71.3 Å². The van der Waals surface area contributed by atoms with Crippen LogP contribution in [0.25, 0.3) is 0 Å². The molecule has 0 radical (unpaired) electrons. The minimum absolute atomic E-state index is 0.164. The summed E-state index contributed by atoms with van der Waals surface area (Å²) in [5, 5.41) is 0. The molecular weight excluding hydrogens is 384 g/mol. The molecule has 1 aromatic carbocycles. The smallest absolute Gasteiger partial charge is 0.355 e. The summed E-state index contributed by atoms with van der Waals surface area (Å²) < 4.78 is 20.7. The second-order valence-corrected chi connectivity index (χ2v) is 7.40. The van der Waals surface area contributed by atoms with Crippen molar-refractivity contribution in [3.8, 4) is 11.5 Å². The number of fused-ring (bicyclic) bond motifs is 1. The van der Waals surface area contributed by atoms with E-state index in [1.54, 1.807) is 29.9 Å². The Hall–Kier alpha value is -3.48. The minimum atomic E-state index is -0.518. The Balaban J connectivity index is 1.42. The summed E-state index contributed by atoms with van der Waals surface area (Å²) in [7, 11) is 1.75. The van der Waals surface area contributed by atoms with Gasteiger partial charge in [0.05, 0.1) is 6.54 Å². The molecule has 0 unspecified atom stereocenters. The maximum Gasteiger partial charge on any atom is 0.355 e. The lowest BCUT2D eigenvalue weighted by atomic mass is 10.1. The van der Waals surface area contributed by atoms with Gasteiger partial charge in [0.15, 0.2) is 24.2 Å². The maximum absolute atomic E-state index is 12.7. The molecule has 0 saturated carbocycles. The first kappa shape index (κ1) is 19.8. The van der Waals surface area contributed by atoms with E-state index in [0.29, 0.717) is 24.4 Å². The van der Waals surface area contributed by atoms with Crippen LogP contribution < -0.4 is 9.47 Å². The largest absolute Gasteiger partial charge is 0.486 e. The fourth-order valence-corrected chi connectivity index (χ4v) is 3.68. The number of carbonyl (C=O) groups is 2. The number of para-hydroxylation sites is 2. The van der Waals surface area contributed by atoms with Crippen LogP contribution in [0.5, 0.6) is 11.5 Å². The predicted octanol–water partition coefficient (Wildman–Crippen LogP) is 3.32. The zero-order valence-corrected chi connectivity index (χ0v) is 17.3. The van der Waals surface area contributed by atoms with E-state index in [1.807, 2.05) is 48.7 Å². The number of ether oxygens (including phenoxy) is 3. The molecule has 4 rings (SSSR count). The lowest BCUT2D eigenvalue weighted by Crippen LogP contribution is -2.33. The number of aromatic nitrogens is 2. The Kier molecular flexibility index (Phi) is 5.35. The van der Waals surface area contributed by atoms with Gasteiger partial charge in [0.25, 0.3) is 0 Å². The summed E-state index contributed by atoms with van der Waals surface area (Å²) in [6, 6.07) is 12.8. The Morgan fingerprint density at radius 1 is 1.13 bits per heavy atom. The molecule has 3 heterocycles. The van der Waals surface area contributed by atoms with Gasteiger partial charge in [-0.25, -0.2) is 4.79 Å². The summed E-state index contributed by atoms with van der Waals surface area (Å²) in [5.41, 5.74) is 2.70. The van der Waals surface area contributed by atoms with E-state index in [2.05, 4.69) is 0 Å². The molecule has 0 aliphatic carbocycles. The van der Waals surface area contributed by atoms with E-state index in [1.165, 1.54) is 0 Å². The van der Waals surface area contributed by atoms with Gasteiger partial charge in [0.1, 0.15) is 12.3 Å². The van der Waals surface area contributed by atoms with Crippen LogP contribution in [-0.2, 0) is 18.3 Å². The first-order valence-electron chi connectivity index (χ1n) is 9.81. The Morgan fingerprint density at radius 3 is 2.63 bits per heavy atom. The van der Waals surface area contributed by atoms with Crippen LogP contribution in [-0.4, -0.2) is 40.2 Å². The van der Waals surface area contributed by atoms with Crippen molar-refractivity contribution in [2.75, 3.05) is 13.2 Å². The molecule has 1 atom stereocenters. The van der Waals surface area contributed by atoms with Crippen molar-refractivity contribution in [2.45, 2.75) is 26.5 Å². The van der Waals surface area contributed by atoms with Crippen molar-refractivity contribution in [1.82, 2.24) is 9.13 Å². The Bertz CT molecular complexity index is 1090. The topological polar surface area (TPSA) is 71.7 Å². The molecule has 0 fully saturated rings. The number of rotatable bonds is 6. The highest BCUT2D eigenvalue weighted by Gasteiger charge is 2.24. The molecule has 3 aromatic rings. The average molecular weight is 408 g/mol. The van der Waals surface area contributed by atoms with Gasteiger partial charge in [-0.1, -0.05) is 12.1 Å². The monoisotopic (exact) mass is 408 g/mol. The number of ketones is 1. The van der Waals surface area contributed by atoms with Gasteiger partial charge in [-0.2, -0.15) is 0 Å². The molecule has 0 spiro atoms. The highest BCUT2D eigenvalue weighted by molar-refractivity contribution is 6.00. The third-order valence-corrected chi connectivity index (χ3v) is 5.32. The quantitative estimate of drug-likeness (QED) is 0.462. The molecule has 156 valence electrons. The van der Waals surface area contributed by atoms with Crippen molar-refractivity contribution >= 4 is 11.8 Å². The number of carbonyl (C=O) groups excluding carboxylic acids is 2. The van der Waals surface area contributed by atoms with Crippen LogP contribution in [0, 0.1) is 13.8 Å². The van der Waals surface area contributed by atoms with Crippen molar-refractivity contribution in [2.24, 2.45) is 7.05 Å². The fourth-order valence-electron chi connectivity index (χ4n) is 3.68. The summed E-state index contributed by atoms with van der Waals surface area (Å²) in [6.07, 6.45) is 1.59. The third kappa shape index (κ3) is 3.83. The number of esters is 1. The highest BCUT2D eigenvalue weighted by Crippen LogP contribution is 2.31. The Labute approximate surface area is 174 Å². The van der Waals surface area contributed by atoms with E-state index in [-0.39, 0.29) is 18.5 Å². The van der Waals surface area contributed by atoms with E-state index >= 15 is 0 Å². The highest BCUT2D eigenvalue weighted by atomic mass is 16.6. The van der Waals surface area contributed by atoms with Crippen molar-refractivity contribution < 1.29 is 23.8 Å². The van der Waals surface area contributed by atoms with Crippen LogP contribution in [0.4, 0.5) is 0 Å². The summed E-state index contributed by atoms with van der Waals surface area (Å²) in [6.45, 7) is 4.52. The Morgan fingerprint density at radius 2 is 1.90 bits per heavy atom. The number of hydrogen-bond acceptors (Lipinski definition) is 5. The van der Waals surface area contributed by atoms with Crippen molar-refractivity contribution in [1.29, 1.82) is 0 Å². The second-order valence-electron chi connectivity index (χ2n) is 7.40. The van der Waals surface area contributed by atoms with Gasteiger partial charge < -0.3 is 23.3 Å². The summed E-state index contributed by atoms with van der Waals surface area (Å²) in [5.74, 6) is 0.713. The molecule has 0 amide bonds. The third-order valence-electron chi connectivity index (χ3n) is 5.32. The molecule has 1 aliphatic heterocycles. The molecule has 2 aromatic heterocycles. The standard InChI is InChI=1S/C23H24N2O5/c1-15-11-18(20(26)14-29-23(27)19-7-6-10-24(19)3)16(2)25(15)12-17-13-28-21-8-4-5-9-22(21)30-17/h4-11,17H,12-14H2,1-3H3/t17-/m0/s1. The first-order chi connectivity index (χ1) is 14.4. The normalized spacial score (nSPS) is 15.1. The number of aryl methyl sites for hydroxylation is 2. The zero-order chi connectivity index (χ0) is 21.3. The minimum Gasteiger partial charge on any atom is -0.486 e. The molecule has 7 nitrogen and oxygen atoms in total. The number of nitrogens with zero attached hydrogens (tertiary/aromatic N) is 2. The van der Waals surface area contributed by atoms with Crippen LogP contribution in [0.1, 0.15) is 32.2 Å². The summed E-state index contributed by atoms with van der Waals surface area (Å²) in [4.78, 5) is 24.8. The van der Waals surface area contributed by atoms with E-state index < -0.39 is 5.97 Å². The van der Waals surface area contributed by atoms with E-state index in [9.17, 15) is 9.59 Å². The molecule has 0 N–H and O–H groups in total. The van der Waals surface area contributed by atoms with Crippen LogP contribution >= 0.6 is 0 Å². The van der Waals surface area contributed by atoms with Gasteiger partial charge in [0, 0.05) is 30.2 Å². The van der Waals surface area contributed by atoms with Crippen LogP contribution in [0.15, 0.2) is 48.7 Å². The zero-order valence-electron chi connectivity index (χ0n) is 17.3. The van der Waals surface area contributed by atoms with E-state index in [0.717, 1.165) is 22.9 Å². The lowest BCUT2D eigenvalue weighted by molar-refractivity contribution is 0.0465. The lowest BCUT2D eigenvalue weighted by Gasteiger charge is -2.27. The molecule has 1 aliphatic rings. The molecule has 30 heavy (non-hydrogen) atoms. The van der Waals surface area contributed by atoms with E-state index in [4.69, 9.17) is 14.2 Å². The second kappa shape index (κ2) is 8.10. The van der Waals surface area contributed by atoms with Gasteiger partial charge in [-0.15, -0.1) is 0 Å². The SMILES string of the molecule is Cc1cc(C(=O)COC(=O)c2cccn2C)c(C)n1C[C@H]1COc2ccccc2O1. The molecule has 0 saturated heterocycles. The fraction of sp³-hybridized carbons (Fsp3) is 0.304. The van der Waals surface area contributed by atoms with Crippen LogP contribution in [0.3, 0.4) is 0 Å². The van der Waals surface area contributed by atoms with Gasteiger partial charge in [0.2, 0.25) is 5.78 Å². The number of Topliss-reactive ketones (excluding diaryl/α,β-unsaturated/α-hetero) is 1. The average Bonchev–Trinajstić information content (AvgIpc) is 3.30. The van der Waals surface area contributed by atoms with Crippen LogP contribution in [0.2, 0.25) is 0 Å². The molecular formula is C23H24N2O5. The molecule has 0 bridgehead atoms. The van der Waals surface area contributed by atoms with Crippen molar-refractivity contribution in [3.63, 3.8) is 0 Å². The van der Waals surface area contributed by atoms with Gasteiger partial charge in [-0.3, -0.25) is 4.79 Å². The van der Waals surface area contributed by atoms with Gasteiger partial charge in [-0.05, 0) is 44.2 Å². The van der Waals surface area contributed by atoms with Gasteiger partial charge >= 0.3 is 5.97 Å². The summed E-state index contributed by atoms with van der Waals surface area (Å²) >= 11 is 0. The predicted molar refractivity (Wildman–Crippen MR) is 110 cm³/mol. The number of benzene rings is 1. The maximum atomic E-state index is 12.7. The first-order valence-corrected chi connectivity index (χ1v) is 9.81.